The Morgan fingerprint density at radius 2 is 0.869 bits per heavy atom. The topological polar surface area (TPSA) is 16.4 Å². The molecular formula is C59H37NO. The molecule has 0 bridgehead atoms. The molecule has 1 heterocycles. The third-order valence-electron chi connectivity index (χ3n) is 13.3. The van der Waals surface area contributed by atoms with E-state index in [-0.39, 0.29) is 0 Å². The van der Waals surface area contributed by atoms with Gasteiger partial charge in [0, 0.05) is 22.3 Å². The first-order chi connectivity index (χ1) is 30.3. The van der Waals surface area contributed by atoms with Crippen LogP contribution in [0, 0.1) is 0 Å². The summed E-state index contributed by atoms with van der Waals surface area (Å²) in [5.41, 5.74) is 19.5. The fraction of sp³-hybridized carbons (Fsp3) is 0.0169. The molecule has 0 saturated carbocycles. The van der Waals surface area contributed by atoms with Gasteiger partial charge in [0.1, 0.15) is 11.2 Å². The molecule has 2 aliphatic rings. The van der Waals surface area contributed by atoms with E-state index in [1.165, 1.54) is 66.4 Å². The summed E-state index contributed by atoms with van der Waals surface area (Å²) in [6, 6.07) is 82.2. The lowest BCUT2D eigenvalue weighted by molar-refractivity contribution is 0.670. The van der Waals surface area contributed by atoms with Crippen molar-refractivity contribution >= 4 is 49.8 Å². The molecule has 1 aromatic heterocycles. The molecule has 0 unspecified atom stereocenters. The third kappa shape index (κ3) is 4.79. The number of anilines is 3. The van der Waals surface area contributed by atoms with Gasteiger partial charge in [0.05, 0.1) is 16.5 Å². The zero-order chi connectivity index (χ0) is 40.1. The Hall–Kier alpha value is -7.94. The Kier molecular flexibility index (Phi) is 7.26. The van der Waals surface area contributed by atoms with Gasteiger partial charge in [0.2, 0.25) is 0 Å². The lowest BCUT2D eigenvalue weighted by Gasteiger charge is -2.32. The van der Waals surface area contributed by atoms with Crippen molar-refractivity contribution in [3.05, 3.63) is 247 Å². The number of rotatable bonds is 5. The molecule has 13 rings (SSSR count). The molecule has 61 heavy (non-hydrogen) atoms. The summed E-state index contributed by atoms with van der Waals surface area (Å²) >= 11 is 0. The second-order valence-corrected chi connectivity index (χ2v) is 16.3. The van der Waals surface area contributed by atoms with Gasteiger partial charge in [-0.2, -0.15) is 0 Å². The van der Waals surface area contributed by atoms with Gasteiger partial charge in [-0.05, 0) is 114 Å². The van der Waals surface area contributed by atoms with E-state index in [1.807, 2.05) is 0 Å². The standard InChI is InChI=1S/C59H37NO/c1-3-15-38(16-4-1)39-27-30-42(31-28-39)60(54-35-34-45(40-17-5-2-6-18-40)58-57(54)56-44-20-8-7-19-41(44)29-36-55(56)61-58)43-32-33-49-48-23-11-14-26-52(48)59(53(49)37-43)50-24-12-9-21-46(50)47-22-10-13-25-51(47)59/h1-37H. The first-order valence-electron chi connectivity index (χ1n) is 21.1. The summed E-state index contributed by atoms with van der Waals surface area (Å²) < 4.78 is 7.03. The zero-order valence-electron chi connectivity index (χ0n) is 33.2. The SMILES string of the molecule is c1ccc(-c2ccc(N(c3ccc4c(c3)C3(c5ccccc5-c5ccccc53)c3ccccc3-4)c3ccc(-c4ccccc4)c4oc5ccc6ccccc6c5c34)cc2)cc1. The molecule has 0 radical (unpaired) electrons. The minimum Gasteiger partial charge on any atom is -0.455 e. The van der Waals surface area contributed by atoms with E-state index < -0.39 is 5.41 Å². The molecule has 0 saturated heterocycles. The van der Waals surface area contributed by atoms with Crippen LogP contribution >= 0.6 is 0 Å². The Morgan fingerprint density at radius 1 is 0.344 bits per heavy atom. The van der Waals surface area contributed by atoms with Crippen molar-refractivity contribution in [2.45, 2.75) is 5.41 Å². The van der Waals surface area contributed by atoms with Crippen LogP contribution in [0.2, 0.25) is 0 Å². The molecule has 284 valence electrons. The fourth-order valence-corrected chi connectivity index (χ4v) is 10.7. The van der Waals surface area contributed by atoms with Crippen molar-refractivity contribution in [1.82, 2.24) is 0 Å². The van der Waals surface area contributed by atoms with Crippen LogP contribution in [-0.2, 0) is 5.41 Å². The summed E-state index contributed by atoms with van der Waals surface area (Å²) in [5.74, 6) is 0. The highest BCUT2D eigenvalue weighted by Crippen LogP contribution is 2.63. The minimum absolute atomic E-state index is 0.469. The molecule has 0 atom stereocenters. The van der Waals surface area contributed by atoms with Gasteiger partial charge in [-0.25, -0.2) is 0 Å². The average Bonchev–Trinajstić information content (AvgIpc) is 3.97. The molecule has 0 N–H and O–H groups in total. The fourth-order valence-electron chi connectivity index (χ4n) is 10.7. The van der Waals surface area contributed by atoms with E-state index in [2.05, 4.69) is 229 Å². The summed E-state index contributed by atoms with van der Waals surface area (Å²) in [5, 5.41) is 4.57. The Balaban J connectivity index is 1.13. The van der Waals surface area contributed by atoms with Crippen LogP contribution in [0.25, 0.3) is 77.2 Å². The van der Waals surface area contributed by atoms with Crippen LogP contribution in [0.4, 0.5) is 17.1 Å². The summed E-state index contributed by atoms with van der Waals surface area (Å²) in [6.45, 7) is 0. The van der Waals surface area contributed by atoms with Gasteiger partial charge in [-0.1, -0.05) is 182 Å². The van der Waals surface area contributed by atoms with Crippen molar-refractivity contribution in [3.8, 4) is 44.5 Å². The quantitative estimate of drug-likeness (QED) is 0.173. The average molecular weight is 776 g/mol. The number of furan rings is 1. The monoisotopic (exact) mass is 775 g/mol. The van der Waals surface area contributed by atoms with Gasteiger partial charge in [0.25, 0.3) is 0 Å². The van der Waals surface area contributed by atoms with Crippen LogP contribution in [0.1, 0.15) is 22.3 Å². The largest absolute Gasteiger partial charge is 0.455 e. The molecule has 0 aliphatic heterocycles. The van der Waals surface area contributed by atoms with Crippen molar-refractivity contribution in [2.75, 3.05) is 4.90 Å². The van der Waals surface area contributed by atoms with Gasteiger partial charge in [0.15, 0.2) is 0 Å². The van der Waals surface area contributed by atoms with Gasteiger partial charge < -0.3 is 9.32 Å². The smallest absolute Gasteiger partial charge is 0.145 e. The van der Waals surface area contributed by atoms with Crippen LogP contribution in [0.15, 0.2) is 229 Å². The number of nitrogens with zero attached hydrogens (tertiary/aromatic N) is 1. The minimum atomic E-state index is -0.469. The predicted octanol–water partition coefficient (Wildman–Crippen LogP) is 15.9. The predicted molar refractivity (Wildman–Crippen MR) is 253 cm³/mol. The molecule has 11 aromatic rings. The second-order valence-electron chi connectivity index (χ2n) is 16.3. The highest BCUT2D eigenvalue weighted by Gasteiger charge is 2.51. The molecule has 2 heteroatoms. The maximum atomic E-state index is 7.03. The van der Waals surface area contributed by atoms with Crippen LogP contribution in [0.3, 0.4) is 0 Å². The first-order valence-corrected chi connectivity index (χ1v) is 21.1. The van der Waals surface area contributed by atoms with Crippen molar-refractivity contribution in [2.24, 2.45) is 0 Å². The van der Waals surface area contributed by atoms with Gasteiger partial charge in [-0.3, -0.25) is 0 Å². The number of benzene rings is 10. The number of hydrogen-bond donors (Lipinski definition) is 0. The van der Waals surface area contributed by atoms with Gasteiger partial charge >= 0.3 is 0 Å². The van der Waals surface area contributed by atoms with Crippen molar-refractivity contribution in [1.29, 1.82) is 0 Å². The molecule has 10 aromatic carbocycles. The van der Waals surface area contributed by atoms with Crippen LogP contribution < -0.4 is 4.90 Å². The van der Waals surface area contributed by atoms with E-state index in [0.29, 0.717) is 0 Å². The Labute approximate surface area is 354 Å². The second kappa shape index (κ2) is 13.0. The molecular weight excluding hydrogens is 739 g/mol. The summed E-state index contributed by atoms with van der Waals surface area (Å²) in [7, 11) is 0. The summed E-state index contributed by atoms with van der Waals surface area (Å²) in [4.78, 5) is 2.46. The molecule has 2 aliphatic carbocycles. The third-order valence-corrected chi connectivity index (χ3v) is 13.3. The van der Waals surface area contributed by atoms with Crippen molar-refractivity contribution < 1.29 is 4.42 Å². The maximum absolute atomic E-state index is 7.03. The summed E-state index contributed by atoms with van der Waals surface area (Å²) in [6.07, 6.45) is 0. The lowest BCUT2D eigenvalue weighted by atomic mass is 9.70. The Bertz CT molecular complexity index is 3460. The van der Waals surface area contributed by atoms with E-state index in [9.17, 15) is 0 Å². The molecule has 0 amide bonds. The Morgan fingerprint density at radius 3 is 1.54 bits per heavy atom. The lowest BCUT2D eigenvalue weighted by Crippen LogP contribution is -2.26. The normalized spacial score (nSPS) is 13.0. The van der Waals surface area contributed by atoms with Crippen molar-refractivity contribution in [3.63, 3.8) is 0 Å². The van der Waals surface area contributed by atoms with E-state index in [1.54, 1.807) is 0 Å². The van der Waals surface area contributed by atoms with Crippen LogP contribution in [0.5, 0.6) is 0 Å². The van der Waals surface area contributed by atoms with E-state index in [0.717, 1.165) is 50.1 Å². The number of hydrogen-bond acceptors (Lipinski definition) is 2. The zero-order valence-corrected chi connectivity index (χ0v) is 33.2. The first kappa shape index (κ1) is 34.0. The number of fused-ring (bicyclic) bond motifs is 15. The van der Waals surface area contributed by atoms with Crippen LogP contribution in [-0.4, -0.2) is 0 Å². The highest BCUT2D eigenvalue weighted by atomic mass is 16.3. The molecule has 2 nitrogen and oxygen atoms in total. The van der Waals surface area contributed by atoms with E-state index >= 15 is 0 Å². The van der Waals surface area contributed by atoms with E-state index in [4.69, 9.17) is 4.42 Å². The molecule has 1 spiro atoms. The highest BCUT2D eigenvalue weighted by molar-refractivity contribution is 6.25. The molecule has 0 fully saturated rings. The van der Waals surface area contributed by atoms with Gasteiger partial charge in [-0.15, -0.1) is 0 Å². The maximum Gasteiger partial charge on any atom is 0.145 e.